The van der Waals surface area contributed by atoms with Crippen LogP contribution >= 0.6 is 0 Å². The van der Waals surface area contributed by atoms with E-state index in [-0.39, 0.29) is 11.3 Å². The van der Waals surface area contributed by atoms with Crippen molar-refractivity contribution in [3.05, 3.63) is 35.4 Å². The van der Waals surface area contributed by atoms with Gasteiger partial charge in [0.25, 0.3) is 0 Å². The maximum Gasteiger partial charge on any atom is 0.335 e. The largest absolute Gasteiger partial charge is 0.478 e. The molecule has 8 heteroatoms. The number of rotatable bonds is 6. The second kappa shape index (κ2) is 6.49. The molecule has 20 heavy (non-hydrogen) atoms. The molecule has 0 aliphatic heterocycles. The molecule has 1 aromatic rings. The van der Waals surface area contributed by atoms with Gasteiger partial charge in [0, 0.05) is 7.05 Å². The number of nitrogens with zero attached hydrogens (tertiary/aromatic N) is 1. The number of aromatic carboxylic acids is 1. The average molecular weight is 301 g/mol. The highest BCUT2D eigenvalue weighted by molar-refractivity contribution is 7.88. The highest BCUT2D eigenvalue weighted by Gasteiger charge is 2.21. The monoisotopic (exact) mass is 301 g/mol. The number of likely N-dealkylation sites (N-methyl/N-ethyl adjacent to an activating group) is 1. The summed E-state index contributed by atoms with van der Waals surface area (Å²) in [6.07, 6.45) is 0. The number of carboxylic acid groups (broad SMARTS) is 1. The topological polar surface area (TPSA) is 101 Å². The lowest BCUT2D eigenvalue weighted by atomic mass is 10.1. The van der Waals surface area contributed by atoms with Crippen LogP contribution in [0.4, 0.5) is 0 Å². The van der Waals surface area contributed by atoms with Crippen molar-refractivity contribution in [1.82, 2.24) is 4.31 Å². The van der Waals surface area contributed by atoms with Crippen molar-refractivity contribution >= 4 is 22.0 Å². The molecule has 0 aliphatic rings. The van der Waals surface area contributed by atoms with Gasteiger partial charge in [0.2, 0.25) is 10.0 Å². The van der Waals surface area contributed by atoms with Gasteiger partial charge in [0.15, 0.2) is 0 Å². The van der Waals surface area contributed by atoms with E-state index in [4.69, 9.17) is 5.11 Å². The van der Waals surface area contributed by atoms with Crippen molar-refractivity contribution in [3.63, 3.8) is 0 Å². The first kappa shape index (κ1) is 16.1. The van der Waals surface area contributed by atoms with E-state index in [1.54, 1.807) is 0 Å². The van der Waals surface area contributed by atoms with E-state index in [0.29, 0.717) is 5.56 Å². The van der Waals surface area contributed by atoms with Crippen molar-refractivity contribution in [1.29, 1.82) is 0 Å². The molecule has 0 bridgehead atoms. The SMILES string of the molecule is COC(=O)CN(C)S(=O)(=O)Cc1cccc(C(=O)O)c1. The molecule has 0 spiro atoms. The van der Waals surface area contributed by atoms with E-state index < -0.39 is 28.5 Å². The summed E-state index contributed by atoms with van der Waals surface area (Å²) in [5.74, 6) is -2.19. The van der Waals surface area contributed by atoms with Crippen molar-refractivity contribution in [3.8, 4) is 0 Å². The highest BCUT2D eigenvalue weighted by atomic mass is 32.2. The van der Waals surface area contributed by atoms with Crippen LogP contribution in [0.3, 0.4) is 0 Å². The van der Waals surface area contributed by atoms with Crippen molar-refractivity contribution in [2.75, 3.05) is 20.7 Å². The van der Waals surface area contributed by atoms with Gasteiger partial charge in [-0.05, 0) is 17.7 Å². The molecule has 0 radical (unpaired) electrons. The number of carbonyl (C=O) groups excluding carboxylic acids is 1. The summed E-state index contributed by atoms with van der Waals surface area (Å²) in [5.41, 5.74) is 0.343. The molecular weight excluding hydrogens is 286 g/mol. The zero-order valence-electron chi connectivity index (χ0n) is 11.1. The van der Waals surface area contributed by atoms with Crippen molar-refractivity contribution < 1.29 is 27.9 Å². The van der Waals surface area contributed by atoms with Gasteiger partial charge in [-0.15, -0.1) is 0 Å². The quantitative estimate of drug-likeness (QED) is 0.759. The molecule has 0 fully saturated rings. The van der Waals surface area contributed by atoms with Gasteiger partial charge in [-0.2, -0.15) is 4.31 Å². The Bertz CT molecular complexity index is 610. The molecule has 7 nitrogen and oxygen atoms in total. The maximum atomic E-state index is 12.0. The predicted octanol–water partition coefficient (Wildman–Crippen LogP) is 0.319. The Hall–Kier alpha value is -1.93. The fourth-order valence-corrected chi connectivity index (χ4v) is 2.58. The Labute approximate surface area is 116 Å². The predicted molar refractivity (Wildman–Crippen MR) is 70.7 cm³/mol. The number of hydrogen-bond donors (Lipinski definition) is 1. The van der Waals surface area contributed by atoms with Crippen LogP contribution in [0.15, 0.2) is 24.3 Å². The first-order valence-electron chi connectivity index (χ1n) is 5.59. The van der Waals surface area contributed by atoms with E-state index in [9.17, 15) is 18.0 Å². The molecular formula is C12H15NO6S. The Morgan fingerprint density at radius 2 is 2.00 bits per heavy atom. The van der Waals surface area contributed by atoms with Gasteiger partial charge in [-0.25, -0.2) is 13.2 Å². The molecule has 0 aliphatic carbocycles. The first-order chi connectivity index (χ1) is 9.26. The molecule has 0 atom stereocenters. The summed E-state index contributed by atoms with van der Waals surface area (Å²) >= 11 is 0. The van der Waals surface area contributed by atoms with Gasteiger partial charge in [0.05, 0.1) is 18.4 Å². The smallest absolute Gasteiger partial charge is 0.335 e. The van der Waals surface area contributed by atoms with E-state index in [1.807, 2.05) is 0 Å². The van der Waals surface area contributed by atoms with Gasteiger partial charge >= 0.3 is 11.9 Å². The zero-order valence-corrected chi connectivity index (χ0v) is 11.9. The van der Waals surface area contributed by atoms with Crippen molar-refractivity contribution in [2.45, 2.75) is 5.75 Å². The van der Waals surface area contributed by atoms with Crippen LogP contribution in [-0.4, -0.2) is 50.5 Å². The Kier molecular flexibility index (Phi) is 5.23. The van der Waals surface area contributed by atoms with E-state index in [0.717, 1.165) is 4.31 Å². The van der Waals surface area contributed by atoms with Crippen LogP contribution in [0.2, 0.25) is 0 Å². The van der Waals surface area contributed by atoms with Crippen LogP contribution in [0.25, 0.3) is 0 Å². The van der Waals surface area contributed by atoms with Crippen molar-refractivity contribution in [2.24, 2.45) is 0 Å². The second-order valence-electron chi connectivity index (χ2n) is 4.09. The minimum atomic E-state index is -3.72. The van der Waals surface area contributed by atoms with E-state index in [1.165, 1.54) is 38.4 Å². The summed E-state index contributed by atoms with van der Waals surface area (Å²) in [5, 5.41) is 8.85. The number of carbonyl (C=O) groups is 2. The number of hydrogen-bond acceptors (Lipinski definition) is 5. The minimum Gasteiger partial charge on any atom is -0.478 e. The van der Waals surface area contributed by atoms with Crippen LogP contribution in [-0.2, 0) is 25.3 Å². The van der Waals surface area contributed by atoms with Gasteiger partial charge < -0.3 is 9.84 Å². The third-order valence-electron chi connectivity index (χ3n) is 2.58. The molecule has 0 saturated heterocycles. The summed E-state index contributed by atoms with van der Waals surface area (Å²) in [4.78, 5) is 21.9. The molecule has 0 unspecified atom stereocenters. The zero-order chi connectivity index (χ0) is 15.3. The normalized spacial score (nSPS) is 11.3. The number of sulfonamides is 1. The lowest BCUT2D eigenvalue weighted by Gasteiger charge is -2.15. The number of ether oxygens (including phenoxy) is 1. The van der Waals surface area contributed by atoms with E-state index >= 15 is 0 Å². The maximum absolute atomic E-state index is 12.0. The molecule has 0 saturated carbocycles. The van der Waals surface area contributed by atoms with Gasteiger partial charge in [-0.3, -0.25) is 4.79 Å². The fraction of sp³-hybridized carbons (Fsp3) is 0.333. The average Bonchev–Trinajstić information content (AvgIpc) is 2.38. The van der Waals surface area contributed by atoms with Crippen LogP contribution in [0, 0.1) is 0 Å². The Morgan fingerprint density at radius 1 is 1.35 bits per heavy atom. The highest BCUT2D eigenvalue weighted by Crippen LogP contribution is 2.12. The minimum absolute atomic E-state index is 0.00770. The molecule has 1 N–H and O–H groups in total. The van der Waals surface area contributed by atoms with Gasteiger partial charge in [-0.1, -0.05) is 12.1 Å². The third-order valence-corrected chi connectivity index (χ3v) is 4.35. The lowest BCUT2D eigenvalue weighted by Crippen LogP contribution is -2.33. The summed E-state index contributed by atoms with van der Waals surface area (Å²) in [6, 6.07) is 5.63. The van der Waals surface area contributed by atoms with E-state index in [2.05, 4.69) is 4.74 Å². The molecule has 0 heterocycles. The summed E-state index contributed by atoms with van der Waals surface area (Å²) in [6.45, 7) is -0.391. The molecule has 1 aromatic carbocycles. The molecule has 0 amide bonds. The fourth-order valence-electron chi connectivity index (χ4n) is 1.46. The van der Waals surface area contributed by atoms with Crippen LogP contribution in [0.5, 0.6) is 0 Å². The molecule has 0 aromatic heterocycles. The summed E-state index contributed by atoms with van der Waals surface area (Å²) in [7, 11) is -1.30. The number of esters is 1. The van der Waals surface area contributed by atoms with Gasteiger partial charge in [0.1, 0.15) is 6.54 Å². The third kappa shape index (κ3) is 4.32. The first-order valence-corrected chi connectivity index (χ1v) is 7.20. The Morgan fingerprint density at radius 3 is 2.55 bits per heavy atom. The number of methoxy groups -OCH3 is 1. The molecule has 110 valence electrons. The number of benzene rings is 1. The van der Waals surface area contributed by atoms with Crippen LogP contribution in [0.1, 0.15) is 15.9 Å². The lowest BCUT2D eigenvalue weighted by molar-refractivity contribution is -0.140. The summed E-state index contributed by atoms with van der Waals surface area (Å²) < 4.78 is 29.3. The Balaban J connectivity index is 2.88. The standard InChI is InChI=1S/C12H15NO6S/c1-13(7-11(14)19-2)20(17,18)8-9-4-3-5-10(6-9)12(15)16/h3-6H,7-8H2,1-2H3,(H,15,16). The molecule has 1 rings (SSSR count). The number of carboxylic acids is 1. The van der Waals surface area contributed by atoms with Crippen LogP contribution < -0.4 is 0 Å². The second-order valence-corrected chi connectivity index (χ2v) is 6.17.